The number of piperidine rings is 3. The summed E-state index contributed by atoms with van der Waals surface area (Å²) in [6, 6.07) is 0. The van der Waals surface area contributed by atoms with Crippen LogP contribution in [0.15, 0.2) is 0 Å². The number of nitrogens with zero attached hydrogens (tertiary/aromatic N) is 2. The summed E-state index contributed by atoms with van der Waals surface area (Å²) in [5.41, 5.74) is 3.74. The number of rotatable bonds is 0. The van der Waals surface area contributed by atoms with E-state index in [1.54, 1.807) is 0 Å². The molecule has 0 aromatic carbocycles. The van der Waals surface area contributed by atoms with Crippen molar-refractivity contribution in [3.05, 3.63) is 21.8 Å². The zero-order chi connectivity index (χ0) is 14.4. The first-order valence-corrected chi connectivity index (χ1v) is 8.51. The van der Waals surface area contributed by atoms with Crippen molar-refractivity contribution in [3.63, 3.8) is 0 Å². The van der Waals surface area contributed by atoms with Crippen LogP contribution in [0.1, 0.15) is 29.5 Å². The van der Waals surface area contributed by atoms with Crippen molar-refractivity contribution >= 4 is 11.6 Å². The van der Waals surface area contributed by atoms with Crippen molar-refractivity contribution in [2.24, 2.45) is 17.8 Å². The largest absolute Gasteiger partial charge is 0.470 e. The van der Waals surface area contributed by atoms with Gasteiger partial charge in [0, 0.05) is 43.5 Å². The van der Waals surface area contributed by atoms with Gasteiger partial charge in [-0.15, -0.1) is 0 Å². The van der Waals surface area contributed by atoms with Gasteiger partial charge in [0.05, 0.1) is 0 Å². The van der Waals surface area contributed by atoms with E-state index >= 15 is 0 Å². The highest BCUT2D eigenvalue weighted by molar-refractivity contribution is 6.30. The Morgan fingerprint density at radius 1 is 1.14 bits per heavy atom. The lowest BCUT2D eigenvalue weighted by Crippen LogP contribution is -2.68. The van der Waals surface area contributed by atoms with E-state index in [4.69, 9.17) is 16.3 Å². The Balaban J connectivity index is 1.60. The summed E-state index contributed by atoms with van der Waals surface area (Å²) in [6.07, 6.45) is 3.73. The quantitative estimate of drug-likeness (QED) is 0.689. The number of fused-ring (bicyclic) bond motifs is 1. The van der Waals surface area contributed by atoms with E-state index < -0.39 is 0 Å². The molecule has 112 valence electrons. The van der Waals surface area contributed by atoms with Crippen molar-refractivity contribution in [2.45, 2.75) is 38.7 Å². The highest BCUT2D eigenvalue weighted by Gasteiger charge is 2.61. The SMILES string of the molecule is Cc1c(Cl)nc2c(c1C)CC1(O2)C2CC3CC1CN(C3)C2. The molecule has 2 atom stereocenters. The van der Waals surface area contributed by atoms with Gasteiger partial charge in [0.15, 0.2) is 0 Å². The van der Waals surface area contributed by atoms with Gasteiger partial charge in [-0.1, -0.05) is 11.6 Å². The van der Waals surface area contributed by atoms with Gasteiger partial charge in [0.25, 0.3) is 0 Å². The molecule has 4 bridgehead atoms. The average molecular weight is 305 g/mol. The maximum atomic E-state index is 6.57. The van der Waals surface area contributed by atoms with Crippen LogP contribution in [0.5, 0.6) is 5.88 Å². The van der Waals surface area contributed by atoms with Crippen LogP contribution in [0, 0.1) is 31.6 Å². The molecule has 0 amide bonds. The van der Waals surface area contributed by atoms with E-state index in [-0.39, 0.29) is 5.60 Å². The molecule has 3 nitrogen and oxygen atoms in total. The summed E-state index contributed by atoms with van der Waals surface area (Å²) < 4.78 is 6.57. The van der Waals surface area contributed by atoms with E-state index in [9.17, 15) is 0 Å². The molecule has 21 heavy (non-hydrogen) atoms. The minimum Gasteiger partial charge on any atom is -0.470 e. The van der Waals surface area contributed by atoms with Crippen LogP contribution in [0.25, 0.3) is 0 Å². The molecule has 1 spiro atoms. The van der Waals surface area contributed by atoms with Crippen LogP contribution in [0.3, 0.4) is 0 Å². The zero-order valence-electron chi connectivity index (χ0n) is 12.7. The monoisotopic (exact) mass is 304 g/mol. The number of halogens is 1. The average Bonchev–Trinajstić information content (AvgIpc) is 2.82. The van der Waals surface area contributed by atoms with Crippen molar-refractivity contribution in [1.82, 2.24) is 9.88 Å². The third kappa shape index (κ3) is 1.52. The lowest BCUT2D eigenvalue weighted by atomic mass is 9.58. The summed E-state index contributed by atoms with van der Waals surface area (Å²) in [5, 5.41) is 0.607. The summed E-state index contributed by atoms with van der Waals surface area (Å²) in [7, 11) is 0. The molecule has 5 aliphatic rings. The fraction of sp³-hybridized carbons (Fsp3) is 0.706. The van der Waals surface area contributed by atoms with Crippen LogP contribution in [-0.2, 0) is 6.42 Å². The lowest BCUT2D eigenvalue weighted by Gasteiger charge is -2.60. The van der Waals surface area contributed by atoms with Crippen molar-refractivity contribution in [3.8, 4) is 5.88 Å². The molecule has 5 heterocycles. The van der Waals surface area contributed by atoms with Crippen LogP contribution in [-0.4, -0.2) is 35.1 Å². The Labute approximate surface area is 130 Å². The van der Waals surface area contributed by atoms with Gasteiger partial charge in [-0.25, -0.2) is 4.98 Å². The van der Waals surface area contributed by atoms with E-state index in [0.29, 0.717) is 17.0 Å². The second kappa shape index (κ2) is 3.94. The van der Waals surface area contributed by atoms with Crippen LogP contribution in [0.4, 0.5) is 0 Å². The predicted octanol–water partition coefficient (Wildman–Crippen LogP) is 3.00. The predicted molar refractivity (Wildman–Crippen MR) is 81.9 cm³/mol. The first-order valence-electron chi connectivity index (χ1n) is 8.14. The van der Waals surface area contributed by atoms with Gasteiger partial charge in [-0.2, -0.15) is 0 Å². The Hall–Kier alpha value is -0.800. The highest BCUT2D eigenvalue weighted by Crippen LogP contribution is 2.56. The highest BCUT2D eigenvalue weighted by atomic mass is 35.5. The van der Waals surface area contributed by atoms with Gasteiger partial charge in [0.1, 0.15) is 10.8 Å². The molecule has 0 N–H and O–H groups in total. The third-order valence-electron chi connectivity index (χ3n) is 6.61. The Morgan fingerprint density at radius 3 is 2.52 bits per heavy atom. The molecule has 1 saturated carbocycles. The molecular formula is C17H21ClN2O. The van der Waals surface area contributed by atoms with E-state index in [1.165, 1.54) is 43.6 Å². The Bertz CT molecular complexity index is 614. The summed E-state index contributed by atoms with van der Waals surface area (Å²) in [4.78, 5) is 7.21. The van der Waals surface area contributed by atoms with Gasteiger partial charge >= 0.3 is 0 Å². The number of ether oxygens (including phenoxy) is 1. The van der Waals surface area contributed by atoms with Gasteiger partial charge in [-0.05, 0) is 43.7 Å². The van der Waals surface area contributed by atoms with E-state index in [2.05, 4.69) is 23.7 Å². The fourth-order valence-electron chi connectivity index (χ4n) is 5.47. The lowest BCUT2D eigenvalue weighted by molar-refractivity contribution is -0.159. The molecule has 1 aromatic rings. The Kier molecular flexibility index (Phi) is 2.38. The number of hydrogen-bond donors (Lipinski definition) is 0. The summed E-state index contributed by atoms with van der Waals surface area (Å²) in [6.45, 7) is 7.99. The second-order valence-corrected chi connectivity index (χ2v) is 7.98. The molecule has 4 fully saturated rings. The maximum Gasteiger partial charge on any atom is 0.218 e. The standard InChI is InChI=1S/C17H21ClN2O/c1-9-10(2)15(18)19-16-14(9)5-17(21-16)12-3-11-4-13(17)8-20(6-11)7-12/h11-13H,3-8H2,1-2H3. The smallest absolute Gasteiger partial charge is 0.218 e. The molecule has 1 aromatic heterocycles. The molecule has 4 aliphatic heterocycles. The number of aromatic nitrogens is 1. The van der Waals surface area contributed by atoms with E-state index in [0.717, 1.165) is 23.8 Å². The first-order chi connectivity index (χ1) is 10.1. The third-order valence-corrected chi connectivity index (χ3v) is 6.98. The van der Waals surface area contributed by atoms with Crippen LogP contribution < -0.4 is 4.74 Å². The van der Waals surface area contributed by atoms with Crippen molar-refractivity contribution in [1.29, 1.82) is 0 Å². The molecule has 4 heteroatoms. The fourth-order valence-corrected chi connectivity index (χ4v) is 5.69. The van der Waals surface area contributed by atoms with Crippen LogP contribution in [0.2, 0.25) is 5.15 Å². The normalized spacial score (nSPS) is 42.4. The number of hydrogen-bond acceptors (Lipinski definition) is 3. The topological polar surface area (TPSA) is 25.4 Å². The van der Waals surface area contributed by atoms with Crippen molar-refractivity contribution < 1.29 is 4.74 Å². The van der Waals surface area contributed by atoms with Gasteiger partial charge in [-0.3, -0.25) is 0 Å². The molecule has 2 unspecified atom stereocenters. The summed E-state index contributed by atoms with van der Waals surface area (Å²) >= 11 is 6.28. The Morgan fingerprint density at radius 2 is 1.86 bits per heavy atom. The minimum absolute atomic E-state index is 0.0185. The van der Waals surface area contributed by atoms with Gasteiger partial charge in [0.2, 0.25) is 5.88 Å². The zero-order valence-corrected chi connectivity index (χ0v) is 13.4. The molecule has 3 saturated heterocycles. The number of pyridine rings is 1. The molecule has 1 aliphatic carbocycles. The molecular weight excluding hydrogens is 284 g/mol. The van der Waals surface area contributed by atoms with E-state index in [1.807, 2.05) is 0 Å². The van der Waals surface area contributed by atoms with Crippen molar-refractivity contribution in [2.75, 3.05) is 19.6 Å². The second-order valence-electron chi connectivity index (χ2n) is 7.62. The molecule has 0 radical (unpaired) electrons. The maximum absolute atomic E-state index is 6.57. The minimum atomic E-state index is 0.0185. The first kappa shape index (κ1) is 12.7. The van der Waals surface area contributed by atoms with Gasteiger partial charge < -0.3 is 9.64 Å². The summed E-state index contributed by atoms with van der Waals surface area (Å²) in [5.74, 6) is 3.08. The molecule has 6 rings (SSSR count). The van der Waals surface area contributed by atoms with Crippen LogP contribution >= 0.6 is 11.6 Å².